The molecule has 2 aliphatic rings. The number of nitrogens with zero attached hydrogens (tertiary/aromatic N) is 3. The molecule has 1 aromatic heterocycles. The molecular weight excluding hydrogens is 294 g/mol. The van der Waals surface area contributed by atoms with E-state index in [-0.39, 0.29) is 0 Å². The third-order valence-corrected chi connectivity index (χ3v) is 4.84. The predicted octanol–water partition coefficient (Wildman–Crippen LogP) is 3.07. The molecule has 0 saturated heterocycles. The number of anilines is 1. The van der Waals surface area contributed by atoms with Crippen LogP contribution in [-0.2, 0) is 0 Å². The number of rotatable bonds is 5. The first kappa shape index (κ1) is 15.0. The summed E-state index contributed by atoms with van der Waals surface area (Å²) in [5.74, 6) is 0.857. The Labute approximate surface area is 135 Å². The number of hydrogen-bond donors (Lipinski definition) is 2. The molecule has 3 rings (SSSR count). The lowest BCUT2D eigenvalue weighted by Gasteiger charge is -2.27. The van der Waals surface area contributed by atoms with Gasteiger partial charge in [0.1, 0.15) is 5.03 Å². The van der Waals surface area contributed by atoms with Crippen LogP contribution in [0, 0.1) is 0 Å². The van der Waals surface area contributed by atoms with E-state index in [4.69, 9.17) is 5.73 Å². The standard InChI is InChI=1S/C16H21N5S/c1-2-8-21(9-5-17)11-12-3-4-14-13(10-12)20-15-16(22-14)19-7-6-18-15/h5-7,9-10H,2-4,8,11,17H2,1H3,(H,18,20)/b9-5-. The molecule has 5 nitrogen and oxygen atoms in total. The van der Waals surface area contributed by atoms with Crippen LogP contribution >= 0.6 is 11.8 Å². The molecule has 116 valence electrons. The number of hydrogen-bond acceptors (Lipinski definition) is 6. The largest absolute Gasteiger partial charge is 0.403 e. The zero-order chi connectivity index (χ0) is 15.4. The van der Waals surface area contributed by atoms with Gasteiger partial charge in [0.05, 0.1) is 0 Å². The highest BCUT2D eigenvalue weighted by atomic mass is 32.2. The monoisotopic (exact) mass is 315 g/mol. The molecule has 6 heteroatoms. The van der Waals surface area contributed by atoms with Crippen molar-refractivity contribution in [3.63, 3.8) is 0 Å². The number of allylic oxidation sites excluding steroid dienone is 2. The summed E-state index contributed by atoms with van der Waals surface area (Å²) in [5, 5.41) is 4.38. The number of nitrogens with two attached hydrogens (primary N) is 1. The zero-order valence-electron chi connectivity index (χ0n) is 12.7. The van der Waals surface area contributed by atoms with Crippen LogP contribution in [0.3, 0.4) is 0 Å². The molecule has 0 bridgehead atoms. The summed E-state index contributed by atoms with van der Waals surface area (Å²) in [6, 6.07) is 0. The minimum atomic E-state index is 0.857. The minimum Gasteiger partial charge on any atom is -0.403 e. The Morgan fingerprint density at radius 1 is 1.36 bits per heavy atom. The Hall–Kier alpha value is -1.95. The van der Waals surface area contributed by atoms with Gasteiger partial charge >= 0.3 is 0 Å². The van der Waals surface area contributed by atoms with Crippen molar-refractivity contribution in [1.82, 2.24) is 14.9 Å². The Bertz CT molecular complexity index is 635. The van der Waals surface area contributed by atoms with E-state index in [1.807, 2.05) is 6.20 Å². The van der Waals surface area contributed by atoms with Crippen molar-refractivity contribution in [2.45, 2.75) is 31.2 Å². The average molecular weight is 315 g/mol. The summed E-state index contributed by atoms with van der Waals surface area (Å²) < 4.78 is 0. The SMILES string of the molecule is CCCN(/C=C\N)CC1=CC2=C(CC1)Sc1nccnc1N2. The maximum Gasteiger partial charge on any atom is 0.163 e. The van der Waals surface area contributed by atoms with Gasteiger partial charge < -0.3 is 16.0 Å². The first-order valence-electron chi connectivity index (χ1n) is 7.61. The van der Waals surface area contributed by atoms with E-state index >= 15 is 0 Å². The van der Waals surface area contributed by atoms with E-state index in [1.54, 1.807) is 30.4 Å². The molecule has 1 aromatic rings. The van der Waals surface area contributed by atoms with Crippen LogP contribution in [0.5, 0.6) is 0 Å². The molecule has 0 spiro atoms. The van der Waals surface area contributed by atoms with Crippen LogP contribution in [0.15, 0.2) is 52.1 Å². The first-order valence-corrected chi connectivity index (χ1v) is 8.42. The second-order valence-electron chi connectivity index (χ2n) is 5.39. The highest BCUT2D eigenvalue weighted by Crippen LogP contribution is 2.42. The van der Waals surface area contributed by atoms with Gasteiger partial charge in [-0.2, -0.15) is 0 Å². The van der Waals surface area contributed by atoms with Gasteiger partial charge in [-0.1, -0.05) is 18.7 Å². The number of thioether (sulfide) groups is 1. The summed E-state index contributed by atoms with van der Waals surface area (Å²) in [4.78, 5) is 12.4. The molecule has 0 saturated carbocycles. The zero-order valence-corrected chi connectivity index (χ0v) is 13.6. The van der Waals surface area contributed by atoms with Gasteiger partial charge in [0.2, 0.25) is 0 Å². The van der Waals surface area contributed by atoms with Crippen molar-refractivity contribution in [3.8, 4) is 0 Å². The van der Waals surface area contributed by atoms with E-state index in [0.29, 0.717) is 0 Å². The fourth-order valence-corrected chi connectivity index (χ4v) is 3.68. The molecule has 1 aliphatic carbocycles. The van der Waals surface area contributed by atoms with Crippen molar-refractivity contribution >= 4 is 17.6 Å². The van der Waals surface area contributed by atoms with Gasteiger partial charge in [-0.05, 0) is 30.9 Å². The fourth-order valence-electron chi connectivity index (χ4n) is 2.71. The molecule has 0 unspecified atom stereocenters. The first-order chi connectivity index (χ1) is 10.8. The molecule has 0 amide bonds. The number of nitrogens with one attached hydrogen (secondary N) is 1. The van der Waals surface area contributed by atoms with E-state index in [2.05, 4.69) is 33.2 Å². The van der Waals surface area contributed by atoms with Crippen LogP contribution in [-0.4, -0.2) is 28.0 Å². The highest BCUT2D eigenvalue weighted by Gasteiger charge is 2.22. The Balaban J connectivity index is 1.75. The lowest BCUT2D eigenvalue weighted by Crippen LogP contribution is -2.23. The third-order valence-electron chi connectivity index (χ3n) is 3.67. The van der Waals surface area contributed by atoms with Gasteiger partial charge in [-0.15, -0.1) is 0 Å². The second kappa shape index (κ2) is 6.87. The van der Waals surface area contributed by atoms with E-state index < -0.39 is 0 Å². The molecule has 0 aromatic carbocycles. The Kier molecular flexibility index (Phi) is 4.68. The van der Waals surface area contributed by atoms with Gasteiger partial charge in [0, 0.05) is 48.5 Å². The molecular formula is C16H21N5S. The number of aromatic nitrogens is 2. The van der Waals surface area contributed by atoms with Crippen LogP contribution in [0.2, 0.25) is 0 Å². The molecule has 0 radical (unpaired) electrons. The molecule has 22 heavy (non-hydrogen) atoms. The molecule has 2 heterocycles. The van der Waals surface area contributed by atoms with Crippen molar-refractivity contribution in [1.29, 1.82) is 0 Å². The lowest BCUT2D eigenvalue weighted by molar-refractivity contribution is 0.400. The topological polar surface area (TPSA) is 67.1 Å². The summed E-state index contributed by atoms with van der Waals surface area (Å²) in [5.41, 5.74) is 8.14. The second-order valence-corrected chi connectivity index (χ2v) is 6.47. The summed E-state index contributed by atoms with van der Waals surface area (Å²) in [6.07, 6.45) is 12.6. The maximum atomic E-state index is 5.54. The van der Waals surface area contributed by atoms with Crippen LogP contribution < -0.4 is 11.1 Å². The highest BCUT2D eigenvalue weighted by molar-refractivity contribution is 8.03. The summed E-state index contributed by atoms with van der Waals surface area (Å²) in [6.45, 7) is 4.13. The van der Waals surface area contributed by atoms with E-state index in [1.165, 1.54) is 16.2 Å². The van der Waals surface area contributed by atoms with Gasteiger partial charge in [0.25, 0.3) is 0 Å². The Morgan fingerprint density at radius 2 is 2.23 bits per heavy atom. The Morgan fingerprint density at radius 3 is 3.05 bits per heavy atom. The fraction of sp³-hybridized carbons (Fsp3) is 0.375. The smallest absolute Gasteiger partial charge is 0.163 e. The molecule has 3 N–H and O–H groups in total. The third kappa shape index (κ3) is 3.27. The summed E-state index contributed by atoms with van der Waals surface area (Å²) in [7, 11) is 0. The van der Waals surface area contributed by atoms with Crippen LogP contribution in [0.1, 0.15) is 26.2 Å². The van der Waals surface area contributed by atoms with Gasteiger partial charge in [-0.3, -0.25) is 0 Å². The van der Waals surface area contributed by atoms with Crippen molar-refractivity contribution in [2.24, 2.45) is 5.73 Å². The normalized spacial score (nSPS) is 16.9. The van der Waals surface area contributed by atoms with E-state index in [9.17, 15) is 0 Å². The van der Waals surface area contributed by atoms with Crippen molar-refractivity contribution in [2.75, 3.05) is 18.4 Å². The van der Waals surface area contributed by atoms with Crippen LogP contribution in [0.25, 0.3) is 0 Å². The molecule has 0 atom stereocenters. The van der Waals surface area contributed by atoms with Gasteiger partial charge in [-0.25, -0.2) is 9.97 Å². The number of fused-ring (bicyclic) bond motifs is 1. The minimum absolute atomic E-state index is 0.857. The predicted molar refractivity (Wildman–Crippen MR) is 91.0 cm³/mol. The van der Waals surface area contributed by atoms with E-state index in [0.717, 1.165) is 43.2 Å². The average Bonchev–Trinajstić information content (AvgIpc) is 2.53. The lowest BCUT2D eigenvalue weighted by atomic mass is 10.0. The van der Waals surface area contributed by atoms with Crippen molar-refractivity contribution < 1.29 is 0 Å². The quantitative estimate of drug-likeness (QED) is 0.870. The molecule has 1 aliphatic heterocycles. The summed E-state index contributed by atoms with van der Waals surface area (Å²) >= 11 is 1.73. The van der Waals surface area contributed by atoms with Crippen molar-refractivity contribution in [3.05, 3.63) is 47.0 Å². The maximum absolute atomic E-state index is 5.54. The van der Waals surface area contributed by atoms with Crippen LogP contribution in [0.4, 0.5) is 5.82 Å². The van der Waals surface area contributed by atoms with Gasteiger partial charge in [0.15, 0.2) is 5.82 Å². The molecule has 0 fully saturated rings.